The van der Waals surface area contributed by atoms with Gasteiger partial charge in [-0.3, -0.25) is 0 Å². The van der Waals surface area contributed by atoms with Crippen molar-refractivity contribution in [1.82, 2.24) is 0 Å². The first-order valence-electron chi connectivity index (χ1n) is 7.87. The van der Waals surface area contributed by atoms with Gasteiger partial charge >= 0.3 is 11.6 Å². The lowest BCUT2D eigenvalue weighted by atomic mass is 10.0. The van der Waals surface area contributed by atoms with E-state index >= 15 is 0 Å². The molecule has 0 spiro atoms. The van der Waals surface area contributed by atoms with E-state index in [1.54, 1.807) is 26.0 Å². The minimum Gasteiger partial charge on any atom is -0.479 e. The first kappa shape index (κ1) is 17.1. The van der Waals surface area contributed by atoms with Crippen molar-refractivity contribution in [3.05, 3.63) is 39.7 Å². The highest BCUT2D eigenvalue weighted by molar-refractivity contribution is 5.82. The summed E-state index contributed by atoms with van der Waals surface area (Å²) in [6.45, 7) is 7.61. The third kappa shape index (κ3) is 3.73. The van der Waals surface area contributed by atoms with Crippen molar-refractivity contribution in [2.75, 3.05) is 6.61 Å². The number of carbonyl (C=O) groups is 1. The van der Waals surface area contributed by atoms with E-state index in [0.717, 1.165) is 17.4 Å². The highest BCUT2D eigenvalue weighted by Gasteiger charge is 2.17. The lowest BCUT2D eigenvalue weighted by molar-refractivity contribution is -0.150. The number of hydrogen-bond acceptors (Lipinski definition) is 5. The Hall–Kier alpha value is -2.30. The summed E-state index contributed by atoms with van der Waals surface area (Å²) < 4.78 is 15.9. The van der Waals surface area contributed by atoms with Crippen molar-refractivity contribution < 1.29 is 18.7 Å². The van der Waals surface area contributed by atoms with E-state index in [1.165, 1.54) is 0 Å². The topological polar surface area (TPSA) is 65.7 Å². The second-order valence-electron chi connectivity index (χ2n) is 5.41. The van der Waals surface area contributed by atoms with Gasteiger partial charge in [0.15, 0.2) is 6.10 Å². The van der Waals surface area contributed by atoms with Gasteiger partial charge < -0.3 is 13.9 Å². The number of rotatable bonds is 6. The van der Waals surface area contributed by atoms with Crippen LogP contribution in [0, 0.1) is 6.92 Å². The second-order valence-corrected chi connectivity index (χ2v) is 5.41. The summed E-state index contributed by atoms with van der Waals surface area (Å²) in [4.78, 5) is 23.7. The highest BCUT2D eigenvalue weighted by atomic mass is 16.6. The minimum absolute atomic E-state index is 0.304. The molecule has 0 saturated carbocycles. The molecule has 1 heterocycles. The second kappa shape index (κ2) is 7.31. The van der Waals surface area contributed by atoms with Gasteiger partial charge in [0.25, 0.3) is 0 Å². The standard InChI is InChI=1S/C18H22O5/c1-5-7-15-11(3)14-9-8-13(10-16(14)23-18(15)20)22-12(4)17(19)21-6-2/h8-10,12H,5-7H2,1-4H3/t12-/m1/s1. The molecule has 0 aliphatic rings. The number of benzene rings is 1. The molecule has 1 aromatic carbocycles. The van der Waals surface area contributed by atoms with Crippen LogP contribution in [0.15, 0.2) is 27.4 Å². The van der Waals surface area contributed by atoms with Crippen LogP contribution in [0.5, 0.6) is 5.75 Å². The Kier molecular flexibility index (Phi) is 5.42. The largest absolute Gasteiger partial charge is 0.479 e. The van der Waals surface area contributed by atoms with Gasteiger partial charge in [-0.15, -0.1) is 0 Å². The SMILES string of the molecule is CCCc1c(C)c2ccc(O[C@H](C)C(=O)OCC)cc2oc1=O. The summed E-state index contributed by atoms with van der Waals surface area (Å²) in [5.41, 5.74) is 1.80. The zero-order valence-corrected chi connectivity index (χ0v) is 14.0. The molecule has 0 aliphatic carbocycles. The van der Waals surface area contributed by atoms with Crippen molar-refractivity contribution in [1.29, 1.82) is 0 Å². The summed E-state index contributed by atoms with van der Waals surface area (Å²) in [5, 5.41) is 0.879. The molecular weight excluding hydrogens is 296 g/mol. The predicted octanol–water partition coefficient (Wildman–Crippen LogP) is 3.38. The van der Waals surface area contributed by atoms with Gasteiger partial charge in [-0.2, -0.15) is 0 Å². The van der Waals surface area contributed by atoms with Crippen LogP contribution in [0.25, 0.3) is 11.0 Å². The summed E-state index contributed by atoms with van der Waals surface area (Å²) in [6, 6.07) is 5.25. The van der Waals surface area contributed by atoms with E-state index in [2.05, 4.69) is 0 Å². The van der Waals surface area contributed by atoms with Crippen LogP contribution in [0.2, 0.25) is 0 Å². The molecule has 5 heteroatoms. The lowest BCUT2D eigenvalue weighted by Crippen LogP contribution is -2.26. The van der Waals surface area contributed by atoms with Crippen LogP contribution in [0.4, 0.5) is 0 Å². The third-order valence-corrected chi connectivity index (χ3v) is 3.69. The number of hydrogen-bond donors (Lipinski definition) is 0. The van der Waals surface area contributed by atoms with Gasteiger partial charge in [-0.1, -0.05) is 13.3 Å². The van der Waals surface area contributed by atoms with E-state index in [9.17, 15) is 9.59 Å². The molecule has 1 atom stereocenters. The van der Waals surface area contributed by atoms with Crippen molar-refractivity contribution in [2.45, 2.75) is 46.6 Å². The molecule has 0 bridgehead atoms. The number of esters is 1. The van der Waals surface area contributed by atoms with E-state index in [-0.39, 0.29) is 5.63 Å². The number of fused-ring (bicyclic) bond motifs is 1. The molecule has 5 nitrogen and oxygen atoms in total. The number of carbonyl (C=O) groups excluding carboxylic acids is 1. The van der Waals surface area contributed by atoms with Crippen molar-refractivity contribution >= 4 is 16.9 Å². The quantitative estimate of drug-likeness (QED) is 0.603. The fourth-order valence-corrected chi connectivity index (χ4v) is 2.50. The Balaban J connectivity index is 2.34. The van der Waals surface area contributed by atoms with Gasteiger partial charge in [0.1, 0.15) is 11.3 Å². The molecule has 2 rings (SSSR count). The van der Waals surface area contributed by atoms with Gasteiger partial charge in [-0.25, -0.2) is 9.59 Å². The van der Waals surface area contributed by atoms with E-state index in [0.29, 0.717) is 29.9 Å². The molecule has 0 amide bonds. The average molecular weight is 318 g/mol. The zero-order chi connectivity index (χ0) is 17.0. The minimum atomic E-state index is -0.723. The predicted molar refractivity (Wildman–Crippen MR) is 87.9 cm³/mol. The Labute approximate surface area is 135 Å². The van der Waals surface area contributed by atoms with E-state index < -0.39 is 12.1 Å². The maximum absolute atomic E-state index is 12.1. The van der Waals surface area contributed by atoms with Crippen LogP contribution in [0.1, 0.15) is 38.3 Å². The average Bonchev–Trinajstić information content (AvgIpc) is 2.51. The highest BCUT2D eigenvalue weighted by Crippen LogP contribution is 2.25. The Morgan fingerprint density at radius 3 is 2.70 bits per heavy atom. The Morgan fingerprint density at radius 2 is 2.04 bits per heavy atom. The fourth-order valence-electron chi connectivity index (χ4n) is 2.50. The molecule has 0 unspecified atom stereocenters. The van der Waals surface area contributed by atoms with Crippen LogP contribution in [0.3, 0.4) is 0 Å². The molecule has 0 saturated heterocycles. The van der Waals surface area contributed by atoms with Gasteiger partial charge in [-0.05, 0) is 44.9 Å². The first-order valence-corrected chi connectivity index (χ1v) is 7.87. The van der Waals surface area contributed by atoms with Crippen LogP contribution in [-0.4, -0.2) is 18.7 Å². The number of ether oxygens (including phenoxy) is 2. The third-order valence-electron chi connectivity index (χ3n) is 3.69. The van der Waals surface area contributed by atoms with E-state index in [4.69, 9.17) is 13.9 Å². The smallest absolute Gasteiger partial charge is 0.347 e. The normalized spacial score (nSPS) is 12.2. The van der Waals surface area contributed by atoms with Crippen LogP contribution >= 0.6 is 0 Å². The van der Waals surface area contributed by atoms with Gasteiger partial charge in [0.05, 0.1) is 6.61 Å². The Bertz CT molecular complexity index is 760. The fraction of sp³-hybridized carbons (Fsp3) is 0.444. The molecule has 23 heavy (non-hydrogen) atoms. The molecule has 124 valence electrons. The number of aryl methyl sites for hydroxylation is 1. The summed E-state index contributed by atoms with van der Waals surface area (Å²) in [5.74, 6) is 0.0346. The van der Waals surface area contributed by atoms with Crippen molar-refractivity contribution in [3.8, 4) is 5.75 Å². The Morgan fingerprint density at radius 1 is 1.30 bits per heavy atom. The molecule has 1 aromatic heterocycles. The van der Waals surface area contributed by atoms with Crippen LogP contribution < -0.4 is 10.4 Å². The first-order chi connectivity index (χ1) is 11.0. The zero-order valence-electron chi connectivity index (χ0n) is 14.0. The molecule has 0 aliphatic heterocycles. The molecule has 2 aromatic rings. The molecule has 0 radical (unpaired) electrons. The maximum atomic E-state index is 12.1. The summed E-state index contributed by atoms with van der Waals surface area (Å²) >= 11 is 0. The lowest BCUT2D eigenvalue weighted by Gasteiger charge is -2.14. The maximum Gasteiger partial charge on any atom is 0.347 e. The van der Waals surface area contributed by atoms with Gasteiger partial charge in [0.2, 0.25) is 0 Å². The van der Waals surface area contributed by atoms with Crippen LogP contribution in [-0.2, 0) is 16.0 Å². The van der Waals surface area contributed by atoms with Gasteiger partial charge in [0, 0.05) is 17.0 Å². The monoisotopic (exact) mass is 318 g/mol. The molecular formula is C18H22O5. The van der Waals surface area contributed by atoms with E-state index in [1.807, 2.05) is 19.9 Å². The molecule has 0 fully saturated rings. The van der Waals surface area contributed by atoms with Crippen molar-refractivity contribution in [2.24, 2.45) is 0 Å². The summed E-state index contributed by atoms with van der Waals surface area (Å²) in [7, 11) is 0. The van der Waals surface area contributed by atoms with Crippen molar-refractivity contribution in [3.63, 3.8) is 0 Å². The molecule has 0 N–H and O–H groups in total. The summed E-state index contributed by atoms with van der Waals surface area (Å²) in [6.07, 6.45) is 0.858.